The molecule has 1 atom stereocenters. The number of nitrogens with two attached hydrogens (primary N) is 1. The summed E-state index contributed by atoms with van der Waals surface area (Å²) < 4.78 is 7.06. The van der Waals surface area contributed by atoms with E-state index in [4.69, 9.17) is 22.1 Å². The van der Waals surface area contributed by atoms with E-state index in [1.54, 1.807) is 17.0 Å². The minimum absolute atomic E-state index is 0.0634. The molecule has 2 aromatic carbocycles. The number of rotatable bonds is 4. The molecule has 0 saturated heterocycles. The van der Waals surface area contributed by atoms with E-state index in [0.717, 1.165) is 33.2 Å². The van der Waals surface area contributed by atoms with Crippen LogP contribution in [0.15, 0.2) is 65.1 Å². The van der Waals surface area contributed by atoms with Crippen LogP contribution in [0.25, 0.3) is 0 Å². The van der Waals surface area contributed by atoms with Crippen LogP contribution >= 0.6 is 34.2 Å². The first kappa shape index (κ1) is 21.7. The highest BCUT2D eigenvalue weighted by atomic mass is 127. The van der Waals surface area contributed by atoms with Gasteiger partial charge in [0.1, 0.15) is 18.2 Å². The number of hydrogen-bond donors (Lipinski definition) is 1. The van der Waals surface area contributed by atoms with Gasteiger partial charge in [0.05, 0.1) is 22.6 Å². The van der Waals surface area contributed by atoms with Crippen molar-refractivity contribution in [2.24, 2.45) is 5.73 Å². The summed E-state index contributed by atoms with van der Waals surface area (Å²) in [4.78, 5) is 14.6. The van der Waals surface area contributed by atoms with Crippen molar-refractivity contribution in [3.63, 3.8) is 0 Å². The van der Waals surface area contributed by atoms with Crippen LogP contribution in [0.4, 0.5) is 0 Å². The number of halogens is 2. The number of hydrogen-bond acceptors (Lipinski definition) is 5. The van der Waals surface area contributed by atoms with Gasteiger partial charge in [-0.1, -0.05) is 29.8 Å². The van der Waals surface area contributed by atoms with E-state index in [1.165, 1.54) is 0 Å². The lowest BCUT2D eigenvalue weighted by atomic mass is 9.76. The van der Waals surface area contributed by atoms with Crippen molar-refractivity contribution in [3.05, 3.63) is 84.8 Å². The van der Waals surface area contributed by atoms with Crippen molar-refractivity contribution >= 4 is 40.0 Å². The monoisotopic (exact) mass is 545 g/mol. The lowest BCUT2D eigenvalue weighted by Crippen LogP contribution is -2.36. The highest BCUT2D eigenvalue weighted by Gasteiger charge is 2.38. The predicted molar refractivity (Wildman–Crippen MR) is 128 cm³/mol. The lowest BCUT2D eigenvalue weighted by molar-refractivity contribution is -0.116. The van der Waals surface area contributed by atoms with Crippen molar-refractivity contribution in [3.8, 4) is 11.8 Å². The van der Waals surface area contributed by atoms with E-state index in [-0.39, 0.29) is 5.78 Å². The second-order valence-corrected chi connectivity index (χ2v) is 9.30. The van der Waals surface area contributed by atoms with Crippen LogP contribution < -0.4 is 10.5 Å². The topological polar surface area (TPSA) is 79.3 Å². The summed E-state index contributed by atoms with van der Waals surface area (Å²) in [5, 5.41) is 10.3. The van der Waals surface area contributed by atoms with Crippen LogP contribution in [0, 0.1) is 14.9 Å². The second kappa shape index (κ2) is 8.93. The minimum Gasteiger partial charge on any atom is -0.487 e. The van der Waals surface area contributed by atoms with E-state index in [9.17, 15) is 10.1 Å². The summed E-state index contributed by atoms with van der Waals surface area (Å²) >= 11 is 8.80. The minimum atomic E-state index is -0.508. The standard InChI is InChI=1S/C24H21ClIN3O2/c1-29-19-3-2-4-20(30)23(19)22(17(12-27)24(29)28)15-7-10-21(18(25)11-15)31-13-14-5-8-16(26)9-6-14/h5-11,22H,2-4,13,28H2,1H3/t22-/m1/s1. The van der Waals surface area contributed by atoms with Gasteiger partial charge < -0.3 is 15.4 Å². The third-order valence-electron chi connectivity index (χ3n) is 5.77. The number of ether oxygens (including phenoxy) is 1. The quantitative estimate of drug-likeness (QED) is 0.531. The van der Waals surface area contributed by atoms with Gasteiger partial charge in [0, 0.05) is 28.3 Å². The maximum atomic E-state index is 12.8. The Morgan fingerprint density at radius 2 is 2.00 bits per heavy atom. The molecule has 2 aromatic rings. The Kier molecular flexibility index (Phi) is 6.26. The van der Waals surface area contributed by atoms with Gasteiger partial charge in [-0.25, -0.2) is 0 Å². The molecule has 1 aliphatic carbocycles. The summed E-state index contributed by atoms with van der Waals surface area (Å²) in [5.74, 6) is 0.493. The number of allylic oxidation sites excluding steroid dienone is 3. The lowest BCUT2D eigenvalue weighted by Gasteiger charge is -2.37. The van der Waals surface area contributed by atoms with Crippen LogP contribution in [-0.4, -0.2) is 17.7 Å². The number of Topliss-reactive ketones (excluding diaryl/α,β-unsaturated/α-hetero) is 1. The zero-order valence-electron chi connectivity index (χ0n) is 17.0. The normalized spacial score (nSPS) is 18.7. The maximum absolute atomic E-state index is 12.8. The fourth-order valence-corrected chi connectivity index (χ4v) is 4.75. The molecule has 0 amide bonds. The van der Waals surface area contributed by atoms with E-state index >= 15 is 0 Å². The first-order chi connectivity index (χ1) is 14.9. The molecule has 31 heavy (non-hydrogen) atoms. The predicted octanol–water partition coefficient (Wildman–Crippen LogP) is 5.25. The zero-order chi connectivity index (χ0) is 22.1. The van der Waals surface area contributed by atoms with Crippen LogP contribution in [-0.2, 0) is 11.4 Å². The number of nitrogens with zero attached hydrogens (tertiary/aromatic N) is 2. The maximum Gasteiger partial charge on any atom is 0.161 e. The molecule has 2 N–H and O–H groups in total. The molecule has 0 bridgehead atoms. The fourth-order valence-electron chi connectivity index (χ4n) is 4.15. The van der Waals surface area contributed by atoms with E-state index in [1.807, 2.05) is 37.4 Å². The molecule has 0 aromatic heterocycles. The third-order valence-corrected chi connectivity index (χ3v) is 6.78. The van der Waals surface area contributed by atoms with E-state index in [0.29, 0.717) is 40.8 Å². The van der Waals surface area contributed by atoms with Gasteiger partial charge in [-0.2, -0.15) is 5.26 Å². The molecule has 1 heterocycles. The number of carbonyl (C=O) groups is 1. The summed E-state index contributed by atoms with van der Waals surface area (Å²) in [6.07, 6.45) is 2.03. The molecule has 0 spiro atoms. The highest BCUT2D eigenvalue weighted by molar-refractivity contribution is 14.1. The smallest absolute Gasteiger partial charge is 0.161 e. The average molecular weight is 546 g/mol. The summed E-state index contributed by atoms with van der Waals surface area (Å²) in [7, 11) is 1.81. The SMILES string of the molecule is CN1C(N)=C(C#N)[C@@H](c2ccc(OCc3ccc(I)cc3)c(Cl)c2)C2=C1CCCC2=O. The third kappa shape index (κ3) is 4.17. The van der Waals surface area contributed by atoms with Gasteiger partial charge in [-0.05, 0) is 70.8 Å². The van der Waals surface area contributed by atoms with Crippen LogP contribution in [0.2, 0.25) is 5.02 Å². The number of carbonyl (C=O) groups excluding carboxylic acids is 1. The summed E-state index contributed by atoms with van der Waals surface area (Å²) in [6, 6.07) is 15.7. The molecule has 0 radical (unpaired) electrons. The molecular weight excluding hydrogens is 525 g/mol. The van der Waals surface area contributed by atoms with Crippen molar-refractivity contribution in [1.82, 2.24) is 4.90 Å². The molecule has 4 rings (SSSR count). The Labute approximate surface area is 200 Å². The van der Waals surface area contributed by atoms with Crippen LogP contribution in [0.5, 0.6) is 5.75 Å². The number of nitriles is 1. The van der Waals surface area contributed by atoms with Crippen molar-refractivity contribution in [2.75, 3.05) is 7.05 Å². The summed E-state index contributed by atoms with van der Waals surface area (Å²) in [5.41, 5.74) is 10.0. The highest BCUT2D eigenvalue weighted by Crippen LogP contribution is 2.45. The Hall–Kier alpha value is -2.50. The van der Waals surface area contributed by atoms with Gasteiger partial charge in [0.2, 0.25) is 0 Å². The second-order valence-electron chi connectivity index (χ2n) is 7.64. The van der Waals surface area contributed by atoms with Gasteiger partial charge in [0.25, 0.3) is 0 Å². The first-order valence-electron chi connectivity index (χ1n) is 9.97. The Morgan fingerprint density at radius 1 is 1.26 bits per heavy atom. The van der Waals surface area contributed by atoms with Gasteiger partial charge in [-0.3, -0.25) is 4.79 Å². The number of ketones is 1. The molecule has 5 nitrogen and oxygen atoms in total. The molecule has 2 aliphatic rings. The van der Waals surface area contributed by atoms with E-state index < -0.39 is 5.92 Å². The average Bonchev–Trinajstić information content (AvgIpc) is 2.76. The molecular formula is C24H21ClIN3O2. The molecule has 0 fully saturated rings. The van der Waals surface area contributed by atoms with Gasteiger partial charge >= 0.3 is 0 Å². The van der Waals surface area contributed by atoms with Gasteiger partial charge in [0.15, 0.2) is 5.78 Å². The fraction of sp³-hybridized carbons (Fsp3) is 0.250. The Morgan fingerprint density at radius 3 is 2.68 bits per heavy atom. The van der Waals surface area contributed by atoms with Crippen molar-refractivity contribution < 1.29 is 9.53 Å². The first-order valence-corrected chi connectivity index (χ1v) is 11.4. The summed E-state index contributed by atoms with van der Waals surface area (Å²) in [6.45, 7) is 0.397. The Balaban J connectivity index is 1.67. The van der Waals surface area contributed by atoms with Crippen LogP contribution in [0.1, 0.15) is 36.3 Å². The molecule has 0 saturated carbocycles. The molecule has 1 aliphatic heterocycles. The molecule has 0 unspecified atom stereocenters. The van der Waals surface area contributed by atoms with Gasteiger partial charge in [-0.15, -0.1) is 0 Å². The molecule has 7 heteroatoms. The van der Waals surface area contributed by atoms with Crippen molar-refractivity contribution in [2.45, 2.75) is 31.8 Å². The molecule has 158 valence electrons. The van der Waals surface area contributed by atoms with E-state index in [2.05, 4.69) is 28.7 Å². The zero-order valence-corrected chi connectivity index (χ0v) is 19.9. The largest absolute Gasteiger partial charge is 0.487 e. The van der Waals surface area contributed by atoms with Crippen LogP contribution in [0.3, 0.4) is 0 Å². The Bertz CT molecular complexity index is 1150. The number of benzene rings is 2. The van der Waals surface area contributed by atoms with Crippen molar-refractivity contribution in [1.29, 1.82) is 5.26 Å².